The van der Waals surface area contributed by atoms with Crippen LogP contribution >= 0.6 is 15.9 Å². The van der Waals surface area contributed by atoms with Gasteiger partial charge in [0.15, 0.2) is 9.84 Å². The Morgan fingerprint density at radius 3 is 2.72 bits per heavy atom. The quantitative estimate of drug-likeness (QED) is 0.849. The summed E-state index contributed by atoms with van der Waals surface area (Å²) in [5.41, 5.74) is 0.841. The molecule has 0 N–H and O–H groups in total. The lowest BCUT2D eigenvalue weighted by Gasteiger charge is -2.23. The van der Waals surface area contributed by atoms with Crippen molar-refractivity contribution in [3.8, 4) is 0 Å². The summed E-state index contributed by atoms with van der Waals surface area (Å²) >= 11 is 3.25. The van der Waals surface area contributed by atoms with Gasteiger partial charge in [-0.1, -0.05) is 15.9 Å². The number of hydrogen-bond acceptors (Lipinski definition) is 3. The molecule has 1 heterocycles. The molecule has 0 bridgehead atoms. The van der Waals surface area contributed by atoms with Crippen molar-refractivity contribution >= 4 is 25.8 Å². The molecule has 1 fully saturated rings. The minimum Gasteiger partial charge on any atom is -0.298 e. The molecule has 0 saturated carbocycles. The van der Waals surface area contributed by atoms with Crippen molar-refractivity contribution in [3.63, 3.8) is 0 Å². The fraction of sp³-hybridized carbons (Fsp3) is 0.500. The van der Waals surface area contributed by atoms with Crippen LogP contribution in [0.15, 0.2) is 22.7 Å². The number of benzene rings is 1. The van der Waals surface area contributed by atoms with Crippen molar-refractivity contribution in [2.45, 2.75) is 19.0 Å². The lowest BCUT2D eigenvalue weighted by Crippen LogP contribution is -2.32. The third-order valence-corrected chi connectivity index (χ3v) is 5.39. The lowest BCUT2D eigenvalue weighted by molar-refractivity contribution is 0.253. The molecule has 1 atom stereocenters. The molecule has 1 unspecified atom stereocenters. The van der Waals surface area contributed by atoms with E-state index in [9.17, 15) is 12.8 Å². The third kappa shape index (κ3) is 3.52. The van der Waals surface area contributed by atoms with E-state index in [2.05, 4.69) is 15.9 Å². The molecule has 1 aliphatic rings. The third-order valence-electron chi connectivity index (χ3n) is 3.19. The van der Waals surface area contributed by atoms with E-state index in [1.807, 2.05) is 18.0 Å². The van der Waals surface area contributed by atoms with E-state index >= 15 is 0 Å². The van der Waals surface area contributed by atoms with Gasteiger partial charge in [0.05, 0.1) is 11.5 Å². The highest BCUT2D eigenvalue weighted by atomic mass is 79.9. The first kappa shape index (κ1) is 14.0. The van der Waals surface area contributed by atoms with Gasteiger partial charge in [0.1, 0.15) is 5.82 Å². The van der Waals surface area contributed by atoms with Crippen LogP contribution in [0.5, 0.6) is 0 Å². The van der Waals surface area contributed by atoms with Crippen molar-refractivity contribution in [2.75, 3.05) is 18.6 Å². The van der Waals surface area contributed by atoms with Crippen LogP contribution in [0.1, 0.15) is 12.0 Å². The molecular formula is C12H15BrFNO2S. The van der Waals surface area contributed by atoms with E-state index in [0.29, 0.717) is 17.4 Å². The Balaban J connectivity index is 2.05. The van der Waals surface area contributed by atoms with Crippen molar-refractivity contribution < 1.29 is 12.8 Å². The maximum Gasteiger partial charge on any atom is 0.151 e. The summed E-state index contributed by atoms with van der Waals surface area (Å²) in [7, 11) is -0.995. The Hall–Kier alpha value is -0.460. The fourth-order valence-electron chi connectivity index (χ4n) is 2.24. The number of hydrogen-bond donors (Lipinski definition) is 0. The monoisotopic (exact) mass is 335 g/mol. The fourth-order valence-corrected chi connectivity index (χ4v) is 4.56. The van der Waals surface area contributed by atoms with Crippen molar-refractivity contribution in [3.05, 3.63) is 34.1 Å². The lowest BCUT2D eigenvalue weighted by atomic mass is 10.1. The molecule has 0 aliphatic carbocycles. The second-order valence-corrected chi connectivity index (χ2v) is 7.89. The molecule has 1 saturated heterocycles. The first-order valence-electron chi connectivity index (χ1n) is 5.71. The first-order chi connectivity index (χ1) is 8.35. The van der Waals surface area contributed by atoms with E-state index in [0.717, 1.165) is 5.56 Å². The van der Waals surface area contributed by atoms with Crippen LogP contribution in [0, 0.1) is 5.82 Å². The average Bonchev–Trinajstić information content (AvgIpc) is 2.57. The predicted molar refractivity (Wildman–Crippen MR) is 72.6 cm³/mol. The van der Waals surface area contributed by atoms with E-state index in [1.54, 1.807) is 0 Å². The molecular weight excluding hydrogens is 321 g/mol. The topological polar surface area (TPSA) is 37.4 Å². The van der Waals surface area contributed by atoms with Gasteiger partial charge in [0, 0.05) is 17.1 Å². The first-order valence-corrected chi connectivity index (χ1v) is 8.33. The van der Waals surface area contributed by atoms with Gasteiger partial charge in [-0.3, -0.25) is 4.90 Å². The van der Waals surface area contributed by atoms with Crippen LogP contribution in [0.25, 0.3) is 0 Å². The summed E-state index contributed by atoms with van der Waals surface area (Å²) in [5, 5.41) is 0. The number of halogens is 2. The summed E-state index contributed by atoms with van der Waals surface area (Å²) in [6.45, 7) is 0.552. The van der Waals surface area contributed by atoms with E-state index in [1.165, 1.54) is 12.1 Å². The molecule has 0 amide bonds. The normalized spacial score (nSPS) is 22.6. The zero-order chi connectivity index (χ0) is 13.3. The Kier molecular flexibility index (Phi) is 4.08. The molecule has 100 valence electrons. The van der Waals surface area contributed by atoms with Gasteiger partial charge in [0.25, 0.3) is 0 Å². The van der Waals surface area contributed by atoms with Gasteiger partial charge in [0.2, 0.25) is 0 Å². The van der Waals surface area contributed by atoms with Crippen LogP contribution in [-0.2, 0) is 16.4 Å². The van der Waals surface area contributed by atoms with Gasteiger partial charge >= 0.3 is 0 Å². The van der Waals surface area contributed by atoms with Gasteiger partial charge < -0.3 is 0 Å². The van der Waals surface area contributed by atoms with E-state index in [4.69, 9.17) is 0 Å². The van der Waals surface area contributed by atoms with Gasteiger partial charge in [-0.25, -0.2) is 12.8 Å². The van der Waals surface area contributed by atoms with Gasteiger partial charge in [-0.2, -0.15) is 0 Å². The van der Waals surface area contributed by atoms with Crippen molar-refractivity contribution in [2.24, 2.45) is 0 Å². The maximum atomic E-state index is 13.2. The highest BCUT2D eigenvalue weighted by Gasteiger charge is 2.30. The summed E-state index contributed by atoms with van der Waals surface area (Å²) in [6, 6.07) is 4.77. The van der Waals surface area contributed by atoms with Crippen molar-refractivity contribution in [1.82, 2.24) is 4.90 Å². The molecule has 1 aromatic carbocycles. The second-order valence-electron chi connectivity index (χ2n) is 4.75. The molecule has 0 aromatic heterocycles. The average molecular weight is 336 g/mol. The van der Waals surface area contributed by atoms with Crippen LogP contribution in [0.3, 0.4) is 0 Å². The van der Waals surface area contributed by atoms with Gasteiger partial charge in [-0.15, -0.1) is 0 Å². The molecule has 1 aliphatic heterocycles. The Bertz CT molecular complexity index is 527. The summed E-state index contributed by atoms with van der Waals surface area (Å²) in [5.74, 6) is 0.182. The Labute approximate surface area is 115 Å². The van der Waals surface area contributed by atoms with Crippen LogP contribution in [-0.4, -0.2) is 37.9 Å². The zero-order valence-corrected chi connectivity index (χ0v) is 12.5. The number of rotatable bonds is 3. The molecule has 2 rings (SSSR count). The zero-order valence-electron chi connectivity index (χ0n) is 10.1. The molecule has 18 heavy (non-hydrogen) atoms. The Morgan fingerprint density at radius 2 is 2.17 bits per heavy atom. The summed E-state index contributed by atoms with van der Waals surface area (Å²) in [4.78, 5) is 1.98. The van der Waals surface area contributed by atoms with Crippen LogP contribution in [0.4, 0.5) is 4.39 Å². The Morgan fingerprint density at radius 1 is 1.44 bits per heavy atom. The number of sulfone groups is 1. The highest BCUT2D eigenvalue weighted by Crippen LogP contribution is 2.20. The van der Waals surface area contributed by atoms with Crippen molar-refractivity contribution in [1.29, 1.82) is 0 Å². The number of nitrogens with zero attached hydrogens (tertiary/aromatic N) is 1. The SMILES string of the molecule is CN(Cc1cc(F)cc(Br)c1)C1CCS(=O)(=O)C1. The predicted octanol–water partition coefficient (Wildman–Crippen LogP) is 2.21. The highest BCUT2D eigenvalue weighted by molar-refractivity contribution is 9.10. The standard InChI is InChI=1S/C12H15BrFNO2S/c1-15(12-2-3-18(16,17)8-12)7-9-4-10(13)6-11(14)5-9/h4-6,12H,2-3,7-8H2,1H3. The maximum absolute atomic E-state index is 13.2. The van der Waals surface area contributed by atoms with E-state index in [-0.39, 0.29) is 23.4 Å². The van der Waals surface area contributed by atoms with Crippen LogP contribution < -0.4 is 0 Å². The van der Waals surface area contributed by atoms with Gasteiger partial charge in [-0.05, 0) is 37.2 Å². The minimum absolute atomic E-state index is 0.0389. The molecule has 6 heteroatoms. The van der Waals surface area contributed by atoms with E-state index < -0.39 is 9.84 Å². The minimum atomic E-state index is -2.87. The molecule has 1 aromatic rings. The summed E-state index contributed by atoms with van der Waals surface area (Å²) < 4.78 is 36.8. The molecule has 3 nitrogen and oxygen atoms in total. The van der Waals surface area contributed by atoms with Crippen LogP contribution in [0.2, 0.25) is 0 Å². The second kappa shape index (κ2) is 5.27. The smallest absolute Gasteiger partial charge is 0.151 e. The summed E-state index contributed by atoms with van der Waals surface area (Å²) in [6.07, 6.45) is 0.662. The molecule has 0 spiro atoms. The molecule has 0 radical (unpaired) electrons. The largest absolute Gasteiger partial charge is 0.298 e.